The van der Waals surface area contributed by atoms with Crippen LogP contribution in [0.5, 0.6) is 5.75 Å². The third kappa shape index (κ3) is 6.59. The predicted molar refractivity (Wildman–Crippen MR) is 145 cm³/mol. The Morgan fingerprint density at radius 2 is 1.97 bits per heavy atom. The van der Waals surface area contributed by atoms with Gasteiger partial charge in [-0.3, -0.25) is 9.36 Å². The van der Waals surface area contributed by atoms with Gasteiger partial charge in [0.1, 0.15) is 5.75 Å². The van der Waals surface area contributed by atoms with E-state index in [9.17, 15) is 4.79 Å². The van der Waals surface area contributed by atoms with Crippen LogP contribution in [0.1, 0.15) is 24.4 Å². The number of benzene rings is 2. The molecule has 0 aliphatic carbocycles. The van der Waals surface area contributed by atoms with Crippen molar-refractivity contribution in [3.63, 3.8) is 0 Å². The Balaban J connectivity index is 1.38. The van der Waals surface area contributed by atoms with Crippen molar-refractivity contribution in [3.8, 4) is 17.0 Å². The lowest BCUT2D eigenvalue weighted by Gasteiger charge is -2.15. The summed E-state index contributed by atoms with van der Waals surface area (Å²) in [5, 5.41) is 14.6. The third-order valence-corrected chi connectivity index (χ3v) is 7.23. The Labute approximate surface area is 220 Å². The zero-order chi connectivity index (χ0) is 24.8. The molecule has 35 heavy (non-hydrogen) atoms. The van der Waals surface area contributed by atoms with Gasteiger partial charge in [0.05, 0.1) is 11.4 Å². The van der Waals surface area contributed by atoms with Gasteiger partial charge in [0.25, 0.3) is 0 Å². The number of thiazole rings is 1. The monoisotopic (exact) mass is 569 g/mol. The second-order valence-corrected chi connectivity index (χ2v) is 10.4. The van der Waals surface area contributed by atoms with Crippen LogP contribution < -0.4 is 10.1 Å². The Morgan fingerprint density at radius 1 is 1.23 bits per heavy atom. The van der Waals surface area contributed by atoms with Gasteiger partial charge in [0.2, 0.25) is 5.91 Å². The third-order valence-electron chi connectivity index (χ3n) is 4.98. The maximum absolute atomic E-state index is 12.6. The van der Waals surface area contributed by atoms with Crippen LogP contribution in [0.25, 0.3) is 11.3 Å². The van der Waals surface area contributed by atoms with Crippen LogP contribution in [0, 0.1) is 6.92 Å². The van der Waals surface area contributed by atoms with Crippen molar-refractivity contribution in [2.75, 3.05) is 11.1 Å². The number of hydrogen-bond acceptors (Lipinski definition) is 7. The number of allylic oxidation sites excluding steroid dienone is 1. The molecule has 0 bridgehead atoms. The molecule has 7 nitrogen and oxygen atoms in total. The Hall–Kier alpha value is -2.95. The number of anilines is 1. The zero-order valence-electron chi connectivity index (χ0n) is 19.3. The summed E-state index contributed by atoms with van der Waals surface area (Å²) in [6, 6.07) is 15.7. The number of hydrogen-bond donors (Lipinski definition) is 1. The van der Waals surface area contributed by atoms with E-state index in [2.05, 4.69) is 43.0 Å². The van der Waals surface area contributed by atoms with Crippen molar-refractivity contribution in [1.82, 2.24) is 19.7 Å². The minimum absolute atomic E-state index is 0.159. The number of rotatable bonds is 10. The molecule has 4 aromatic rings. The molecular weight excluding hydrogens is 546 g/mol. The van der Waals surface area contributed by atoms with Gasteiger partial charge in [0, 0.05) is 22.0 Å². The number of amides is 1. The molecule has 1 amide bonds. The lowest BCUT2D eigenvalue weighted by molar-refractivity contribution is -0.113. The Morgan fingerprint density at radius 3 is 2.69 bits per heavy atom. The van der Waals surface area contributed by atoms with Gasteiger partial charge in [0.15, 0.2) is 22.2 Å². The van der Waals surface area contributed by atoms with E-state index in [1.165, 1.54) is 28.7 Å². The van der Waals surface area contributed by atoms with Crippen molar-refractivity contribution in [3.05, 3.63) is 82.4 Å². The average Bonchev–Trinajstić information content (AvgIpc) is 3.47. The van der Waals surface area contributed by atoms with E-state index in [1.54, 1.807) is 6.08 Å². The number of thioether (sulfide) groups is 1. The van der Waals surface area contributed by atoms with Gasteiger partial charge < -0.3 is 10.1 Å². The molecule has 2 aromatic heterocycles. The van der Waals surface area contributed by atoms with Crippen LogP contribution in [0.4, 0.5) is 5.13 Å². The fourth-order valence-corrected chi connectivity index (χ4v) is 5.01. The fourth-order valence-electron chi connectivity index (χ4n) is 3.25. The predicted octanol–water partition coefficient (Wildman–Crippen LogP) is 6.53. The van der Waals surface area contributed by atoms with Gasteiger partial charge in [-0.25, -0.2) is 4.98 Å². The summed E-state index contributed by atoms with van der Waals surface area (Å²) < 4.78 is 8.92. The summed E-state index contributed by atoms with van der Waals surface area (Å²) in [5.41, 5.74) is 3.05. The summed E-state index contributed by atoms with van der Waals surface area (Å²) in [4.78, 5) is 17.1. The van der Waals surface area contributed by atoms with E-state index < -0.39 is 0 Å². The summed E-state index contributed by atoms with van der Waals surface area (Å²) >= 11 is 6.14. The number of nitrogens with zero attached hydrogens (tertiary/aromatic N) is 4. The molecule has 0 spiro atoms. The molecule has 0 aliphatic rings. The van der Waals surface area contributed by atoms with Crippen molar-refractivity contribution < 1.29 is 9.53 Å². The normalized spacial score (nSPS) is 11.7. The second-order valence-electron chi connectivity index (χ2n) is 7.69. The number of carbonyl (C=O) groups excluding carboxylic acids is 1. The van der Waals surface area contributed by atoms with E-state index >= 15 is 0 Å². The number of aromatic nitrogens is 4. The molecule has 1 N–H and O–H groups in total. The molecule has 0 aliphatic heterocycles. The SMILES string of the molecule is C=CCn1c(SCC(=O)Nc2nc(-c3ccc(C)cc3)cs2)nnc1C(C)Oc1ccc(Br)cc1. The first-order valence-corrected chi connectivity index (χ1v) is 13.5. The number of halogens is 1. The van der Waals surface area contributed by atoms with Gasteiger partial charge in [-0.1, -0.05) is 63.6 Å². The Kier molecular flexibility index (Phi) is 8.37. The molecule has 2 aromatic carbocycles. The van der Waals surface area contributed by atoms with Crippen molar-refractivity contribution in [1.29, 1.82) is 0 Å². The maximum Gasteiger partial charge on any atom is 0.236 e. The zero-order valence-corrected chi connectivity index (χ0v) is 22.5. The highest BCUT2D eigenvalue weighted by Gasteiger charge is 2.20. The van der Waals surface area contributed by atoms with Crippen LogP contribution in [-0.2, 0) is 11.3 Å². The Bertz CT molecular complexity index is 1300. The van der Waals surface area contributed by atoms with Crippen molar-refractivity contribution in [2.45, 2.75) is 31.7 Å². The molecule has 2 heterocycles. The summed E-state index contributed by atoms with van der Waals surface area (Å²) in [7, 11) is 0. The largest absolute Gasteiger partial charge is 0.483 e. The molecule has 0 fully saturated rings. The van der Waals surface area contributed by atoms with Crippen LogP contribution in [0.15, 0.2) is 76.2 Å². The summed E-state index contributed by atoms with van der Waals surface area (Å²) in [6.07, 6.45) is 1.44. The van der Waals surface area contributed by atoms with Crippen LogP contribution in [-0.4, -0.2) is 31.4 Å². The summed E-state index contributed by atoms with van der Waals surface area (Å²) in [5.74, 6) is 1.42. The van der Waals surface area contributed by atoms with Crippen LogP contribution in [0.3, 0.4) is 0 Å². The topological polar surface area (TPSA) is 81.9 Å². The van der Waals surface area contributed by atoms with Gasteiger partial charge >= 0.3 is 0 Å². The molecule has 0 radical (unpaired) electrons. The van der Waals surface area contributed by atoms with E-state index in [-0.39, 0.29) is 17.8 Å². The number of aryl methyl sites for hydroxylation is 1. The molecule has 1 atom stereocenters. The average molecular weight is 571 g/mol. The maximum atomic E-state index is 12.6. The van der Waals surface area contributed by atoms with Gasteiger partial charge in [-0.05, 0) is 38.1 Å². The van der Waals surface area contributed by atoms with E-state index in [0.29, 0.717) is 22.7 Å². The first kappa shape index (κ1) is 25.2. The molecule has 4 rings (SSSR count). The number of nitrogens with one attached hydrogen (secondary N) is 1. The minimum Gasteiger partial charge on any atom is -0.483 e. The van der Waals surface area contributed by atoms with E-state index in [1.807, 2.05) is 72.3 Å². The van der Waals surface area contributed by atoms with Crippen molar-refractivity contribution in [2.24, 2.45) is 0 Å². The molecule has 180 valence electrons. The fraction of sp³-hybridized carbons (Fsp3) is 0.200. The molecule has 1 unspecified atom stereocenters. The highest BCUT2D eigenvalue weighted by Crippen LogP contribution is 2.27. The molecule has 0 saturated heterocycles. The highest BCUT2D eigenvalue weighted by molar-refractivity contribution is 9.10. The van der Waals surface area contributed by atoms with Gasteiger partial charge in [-0.15, -0.1) is 28.1 Å². The van der Waals surface area contributed by atoms with E-state index in [0.717, 1.165) is 21.5 Å². The van der Waals surface area contributed by atoms with Crippen LogP contribution in [0.2, 0.25) is 0 Å². The first-order chi connectivity index (χ1) is 16.9. The lowest BCUT2D eigenvalue weighted by atomic mass is 10.1. The molecule has 0 saturated carbocycles. The first-order valence-electron chi connectivity index (χ1n) is 10.8. The summed E-state index contributed by atoms with van der Waals surface area (Å²) in [6.45, 7) is 8.31. The smallest absolute Gasteiger partial charge is 0.236 e. The molecule has 10 heteroatoms. The lowest BCUT2D eigenvalue weighted by Crippen LogP contribution is -2.15. The second kappa shape index (κ2) is 11.7. The highest BCUT2D eigenvalue weighted by atomic mass is 79.9. The quantitative estimate of drug-likeness (QED) is 0.173. The minimum atomic E-state index is -0.331. The number of ether oxygens (including phenoxy) is 1. The van der Waals surface area contributed by atoms with Crippen molar-refractivity contribution >= 4 is 50.1 Å². The molecular formula is C25H24BrN5O2S2. The van der Waals surface area contributed by atoms with Crippen LogP contribution >= 0.6 is 39.0 Å². The van der Waals surface area contributed by atoms with Gasteiger partial charge in [-0.2, -0.15) is 0 Å². The van der Waals surface area contributed by atoms with E-state index in [4.69, 9.17) is 4.74 Å². The standard InChI is InChI=1S/C25H24BrN5O2S2/c1-4-13-31-23(17(3)33-20-11-9-19(26)10-12-20)29-30-25(31)35-15-22(32)28-24-27-21(14-34-24)18-7-5-16(2)6-8-18/h4-12,14,17H,1,13,15H2,2-3H3,(H,27,28,32). The number of carbonyl (C=O) groups is 1.